The molecule has 8 heteroatoms. The highest BCUT2D eigenvalue weighted by Gasteiger charge is 2.20. The molecule has 0 bridgehead atoms. The van der Waals surface area contributed by atoms with Gasteiger partial charge in [0.15, 0.2) is 0 Å². The molecule has 2 aromatic rings. The fourth-order valence-electron chi connectivity index (χ4n) is 3.16. The summed E-state index contributed by atoms with van der Waals surface area (Å²) in [5.41, 5.74) is 0.777. The van der Waals surface area contributed by atoms with E-state index in [1.165, 1.54) is 6.07 Å². The highest BCUT2D eigenvalue weighted by atomic mass is 19.1. The van der Waals surface area contributed by atoms with Crippen LogP contribution in [-0.2, 0) is 11.3 Å². The van der Waals surface area contributed by atoms with Gasteiger partial charge in [0.1, 0.15) is 17.4 Å². The molecule has 6 nitrogen and oxygen atoms in total. The van der Waals surface area contributed by atoms with E-state index in [0.29, 0.717) is 38.6 Å². The van der Waals surface area contributed by atoms with Crippen molar-refractivity contribution in [3.63, 3.8) is 0 Å². The van der Waals surface area contributed by atoms with Gasteiger partial charge in [-0.3, -0.25) is 4.90 Å². The Morgan fingerprint density at radius 1 is 1.21 bits per heavy atom. The Morgan fingerprint density at radius 3 is 2.69 bits per heavy atom. The van der Waals surface area contributed by atoms with Gasteiger partial charge in [-0.25, -0.2) is 13.6 Å². The van der Waals surface area contributed by atoms with Crippen molar-refractivity contribution in [3.05, 3.63) is 59.7 Å². The van der Waals surface area contributed by atoms with Gasteiger partial charge in [-0.05, 0) is 18.2 Å². The molecule has 1 heterocycles. The summed E-state index contributed by atoms with van der Waals surface area (Å²) in [6.07, 6.45) is 0. The number of nitrogens with zero attached hydrogens (tertiary/aromatic N) is 2. The van der Waals surface area contributed by atoms with Gasteiger partial charge in [-0.15, -0.1) is 0 Å². The van der Waals surface area contributed by atoms with E-state index in [2.05, 4.69) is 10.2 Å². The number of urea groups is 1. The van der Waals surface area contributed by atoms with Crippen LogP contribution in [0.25, 0.3) is 0 Å². The third-order valence-electron chi connectivity index (χ3n) is 4.80. The number of anilines is 1. The summed E-state index contributed by atoms with van der Waals surface area (Å²) in [6, 6.07) is 10.0. The Hall–Kier alpha value is -2.71. The normalized spacial score (nSPS) is 14.4. The summed E-state index contributed by atoms with van der Waals surface area (Å²) >= 11 is 0. The molecule has 2 amide bonds. The monoisotopic (exact) mass is 405 g/mol. The fraction of sp³-hybridized carbons (Fsp3) is 0.381. The molecular formula is C21H25F2N3O3. The number of hydrogen-bond acceptors (Lipinski definition) is 4. The number of carbonyl (C=O) groups is 1. The number of methoxy groups -OCH3 is 1. The van der Waals surface area contributed by atoms with E-state index in [1.807, 2.05) is 24.3 Å². The van der Waals surface area contributed by atoms with Crippen molar-refractivity contribution < 1.29 is 23.0 Å². The summed E-state index contributed by atoms with van der Waals surface area (Å²) in [7, 11) is 1.57. The van der Waals surface area contributed by atoms with Crippen molar-refractivity contribution in [1.82, 2.24) is 9.80 Å². The van der Waals surface area contributed by atoms with Crippen LogP contribution in [0.4, 0.5) is 19.3 Å². The summed E-state index contributed by atoms with van der Waals surface area (Å²) < 4.78 is 37.9. The molecule has 0 unspecified atom stereocenters. The maximum atomic E-state index is 14.0. The Bertz CT molecular complexity index is 829. The van der Waals surface area contributed by atoms with Gasteiger partial charge in [-0.1, -0.05) is 18.2 Å². The van der Waals surface area contributed by atoms with Crippen LogP contribution in [0.2, 0.25) is 0 Å². The largest absolute Gasteiger partial charge is 0.496 e. The highest BCUT2D eigenvalue weighted by molar-refractivity contribution is 5.89. The summed E-state index contributed by atoms with van der Waals surface area (Å²) in [5.74, 6) is -0.841. The molecule has 1 aliphatic heterocycles. The molecule has 0 aromatic heterocycles. The molecule has 1 fully saturated rings. The number of halogens is 2. The number of ether oxygens (including phenoxy) is 2. The molecule has 29 heavy (non-hydrogen) atoms. The van der Waals surface area contributed by atoms with Crippen molar-refractivity contribution in [2.45, 2.75) is 6.54 Å². The van der Waals surface area contributed by atoms with Crippen molar-refractivity contribution in [2.24, 2.45) is 0 Å². The van der Waals surface area contributed by atoms with Crippen LogP contribution in [0.5, 0.6) is 5.75 Å². The van der Waals surface area contributed by atoms with Gasteiger partial charge >= 0.3 is 6.03 Å². The zero-order valence-electron chi connectivity index (χ0n) is 16.4. The summed E-state index contributed by atoms with van der Waals surface area (Å²) in [4.78, 5) is 16.7. The first-order valence-corrected chi connectivity index (χ1v) is 9.50. The second-order valence-corrected chi connectivity index (χ2v) is 6.74. The quantitative estimate of drug-likeness (QED) is 0.768. The summed E-state index contributed by atoms with van der Waals surface area (Å²) in [5, 5.41) is 2.54. The predicted molar refractivity (Wildman–Crippen MR) is 106 cm³/mol. The minimum atomic E-state index is -0.816. The first-order valence-electron chi connectivity index (χ1n) is 9.50. The van der Waals surface area contributed by atoms with Crippen LogP contribution in [0.3, 0.4) is 0 Å². The first kappa shape index (κ1) is 21.0. The van der Waals surface area contributed by atoms with E-state index in [1.54, 1.807) is 12.0 Å². The van der Waals surface area contributed by atoms with Gasteiger partial charge in [0, 0.05) is 37.8 Å². The minimum absolute atomic E-state index is 0.0622. The van der Waals surface area contributed by atoms with Gasteiger partial charge in [0.2, 0.25) is 0 Å². The number of hydrogen-bond donors (Lipinski definition) is 1. The lowest BCUT2D eigenvalue weighted by Crippen LogP contribution is -2.44. The SMILES string of the molecule is COc1ccccc1CN(CCN1CCOCC1)C(=O)Nc1ccc(F)cc1F. The number of nitrogens with one attached hydrogen (secondary N) is 1. The lowest BCUT2D eigenvalue weighted by molar-refractivity contribution is 0.0349. The number of para-hydroxylation sites is 1. The highest BCUT2D eigenvalue weighted by Crippen LogP contribution is 2.21. The van der Waals surface area contributed by atoms with Crippen LogP contribution >= 0.6 is 0 Å². The molecule has 2 aromatic carbocycles. The lowest BCUT2D eigenvalue weighted by Gasteiger charge is -2.30. The van der Waals surface area contributed by atoms with Crippen LogP contribution < -0.4 is 10.1 Å². The molecule has 0 atom stereocenters. The number of benzene rings is 2. The molecule has 1 aliphatic rings. The molecule has 0 aliphatic carbocycles. The Kier molecular flexibility index (Phi) is 7.37. The molecule has 3 rings (SSSR count). The topological polar surface area (TPSA) is 54.0 Å². The van der Waals surface area contributed by atoms with E-state index in [9.17, 15) is 13.6 Å². The third-order valence-corrected chi connectivity index (χ3v) is 4.80. The minimum Gasteiger partial charge on any atom is -0.496 e. The summed E-state index contributed by atoms with van der Waals surface area (Å²) in [6.45, 7) is 4.33. The zero-order valence-corrected chi connectivity index (χ0v) is 16.4. The van der Waals surface area contributed by atoms with Gasteiger partial charge in [-0.2, -0.15) is 0 Å². The Morgan fingerprint density at radius 2 is 1.97 bits per heavy atom. The third kappa shape index (κ3) is 5.88. The van der Waals surface area contributed by atoms with E-state index in [0.717, 1.165) is 30.8 Å². The zero-order chi connectivity index (χ0) is 20.6. The molecule has 156 valence electrons. The van der Waals surface area contributed by atoms with Crippen molar-refractivity contribution in [3.8, 4) is 5.75 Å². The first-order chi connectivity index (χ1) is 14.1. The maximum absolute atomic E-state index is 14.0. The van der Waals surface area contributed by atoms with E-state index in [4.69, 9.17) is 9.47 Å². The van der Waals surface area contributed by atoms with Crippen LogP contribution in [0.1, 0.15) is 5.56 Å². The molecule has 0 saturated carbocycles. The van der Waals surface area contributed by atoms with Crippen LogP contribution in [0, 0.1) is 11.6 Å². The van der Waals surface area contributed by atoms with E-state index >= 15 is 0 Å². The molecule has 1 saturated heterocycles. The average Bonchev–Trinajstić information content (AvgIpc) is 2.74. The molecule has 0 radical (unpaired) electrons. The lowest BCUT2D eigenvalue weighted by atomic mass is 10.2. The second kappa shape index (κ2) is 10.2. The van der Waals surface area contributed by atoms with E-state index < -0.39 is 17.7 Å². The smallest absolute Gasteiger partial charge is 0.322 e. The standard InChI is InChI=1S/C21H25F2N3O3/c1-28-20-5-3-2-4-16(20)15-26(9-8-25-10-12-29-13-11-25)21(27)24-19-7-6-17(22)14-18(19)23/h2-7,14H,8-13,15H2,1H3,(H,24,27). The van der Waals surface area contributed by atoms with Gasteiger partial charge < -0.3 is 19.7 Å². The fourth-order valence-corrected chi connectivity index (χ4v) is 3.16. The number of morpholine rings is 1. The number of rotatable bonds is 7. The Balaban J connectivity index is 1.73. The van der Waals surface area contributed by atoms with E-state index in [-0.39, 0.29) is 5.69 Å². The van der Waals surface area contributed by atoms with Gasteiger partial charge in [0.05, 0.1) is 32.6 Å². The van der Waals surface area contributed by atoms with Crippen LogP contribution in [-0.4, -0.2) is 62.3 Å². The number of amides is 2. The predicted octanol–water partition coefficient (Wildman–Crippen LogP) is 3.34. The molecule has 1 N–H and O–H groups in total. The second-order valence-electron chi connectivity index (χ2n) is 6.74. The molecule has 0 spiro atoms. The molecular weight excluding hydrogens is 380 g/mol. The number of carbonyl (C=O) groups excluding carboxylic acids is 1. The van der Waals surface area contributed by atoms with Crippen molar-refractivity contribution in [1.29, 1.82) is 0 Å². The Labute approximate surface area is 169 Å². The maximum Gasteiger partial charge on any atom is 0.322 e. The van der Waals surface area contributed by atoms with Crippen LogP contribution in [0.15, 0.2) is 42.5 Å². The van der Waals surface area contributed by atoms with Gasteiger partial charge in [0.25, 0.3) is 0 Å². The van der Waals surface area contributed by atoms with Crippen molar-refractivity contribution >= 4 is 11.7 Å². The van der Waals surface area contributed by atoms with Crippen molar-refractivity contribution in [2.75, 3.05) is 51.8 Å². The average molecular weight is 405 g/mol.